The molecule has 0 radical (unpaired) electrons. The third-order valence-electron chi connectivity index (χ3n) is 2.19. The van der Waals surface area contributed by atoms with Gasteiger partial charge in [0.2, 0.25) is 0 Å². The predicted molar refractivity (Wildman–Crippen MR) is 60.9 cm³/mol. The summed E-state index contributed by atoms with van der Waals surface area (Å²) in [4.78, 5) is 3.93. The molecule has 0 aromatic carbocycles. The molecule has 1 unspecified atom stereocenters. The van der Waals surface area contributed by atoms with Crippen molar-refractivity contribution in [3.8, 4) is 0 Å². The fourth-order valence-electron chi connectivity index (χ4n) is 1.41. The smallest absolute Gasteiger partial charge is 0.166 e. The Morgan fingerprint density at radius 3 is 3.12 bits per heavy atom. The summed E-state index contributed by atoms with van der Waals surface area (Å²) in [5.74, 6) is -0.150. The number of aromatic nitrogens is 1. The van der Waals surface area contributed by atoms with Crippen LogP contribution in [0.3, 0.4) is 0 Å². The van der Waals surface area contributed by atoms with Crippen LogP contribution in [0.25, 0.3) is 0 Å². The third-order valence-corrected chi connectivity index (χ3v) is 2.62. The van der Waals surface area contributed by atoms with E-state index in [4.69, 9.17) is 9.47 Å². The first-order valence-electron chi connectivity index (χ1n) is 5.00. The minimum Gasteiger partial charge on any atom is -0.376 e. The molecule has 16 heavy (non-hydrogen) atoms. The van der Waals surface area contributed by atoms with Crippen molar-refractivity contribution in [3.05, 3.63) is 22.6 Å². The number of rotatable bonds is 3. The number of hydrogen-bond donors (Lipinski definition) is 1. The molecule has 1 N–H and O–H groups in total. The normalized spacial score (nSPS) is 20.8. The summed E-state index contributed by atoms with van der Waals surface area (Å²) in [5, 5.41) is 2.90. The van der Waals surface area contributed by atoms with Crippen molar-refractivity contribution in [1.82, 2.24) is 4.98 Å². The zero-order chi connectivity index (χ0) is 11.4. The summed E-state index contributed by atoms with van der Waals surface area (Å²) in [6.45, 7) is 2.24. The number of hydrogen-bond acceptors (Lipinski definition) is 4. The Morgan fingerprint density at radius 2 is 2.44 bits per heavy atom. The van der Waals surface area contributed by atoms with Crippen molar-refractivity contribution < 1.29 is 13.9 Å². The van der Waals surface area contributed by atoms with E-state index in [1.165, 1.54) is 6.07 Å². The van der Waals surface area contributed by atoms with Gasteiger partial charge < -0.3 is 14.8 Å². The van der Waals surface area contributed by atoms with Crippen LogP contribution in [-0.2, 0) is 9.47 Å². The summed E-state index contributed by atoms with van der Waals surface area (Å²) < 4.78 is 24.6. The first kappa shape index (κ1) is 11.8. The molecule has 2 rings (SSSR count). The SMILES string of the molecule is Fc1cc(Br)cnc1NCC1COCCO1. The highest BCUT2D eigenvalue weighted by Gasteiger charge is 2.14. The second kappa shape index (κ2) is 5.56. The second-order valence-corrected chi connectivity index (χ2v) is 4.35. The molecule has 0 aliphatic carbocycles. The molecule has 1 aliphatic rings. The van der Waals surface area contributed by atoms with E-state index in [0.29, 0.717) is 30.8 Å². The van der Waals surface area contributed by atoms with Gasteiger partial charge in [0, 0.05) is 17.2 Å². The number of nitrogens with one attached hydrogen (secondary N) is 1. The molecule has 1 aliphatic heterocycles. The molecule has 2 heterocycles. The third kappa shape index (κ3) is 3.13. The molecule has 1 aromatic heterocycles. The fraction of sp³-hybridized carbons (Fsp3) is 0.500. The predicted octanol–water partition coefficient (Wildman–Crippen LogP) is 1.81. The lowest BCUT2D eigenvalue weighted by Crippen LogP contribution is -2.34. The standard InChI is InChI=1S/C10H12BrFN2O2/c11-7-3-9(12)10(13-4-7)14-5-8-6-15-1-2-16-8/h3-4,8H,1-2,5-6H2,(H,13,14). The molecule has 0 amide bonds. The molecule has 1 saturated heterocycles. The van der Waals surface area contributed by atoms with Gasteiger partial charge in [0.25, 0.3) is 0 Å². The molecule has 0 bridgehead atoms. The largest absolute Gasteiger partial charge is 0.376 e. The fourth-order valence-corrected chi connectivity index (χ4v) is 1.71. The van der Waals surface area contributed by atoms with Gasteiger partial charge in [-0.05, 0) is 22.0 Å². The van der Waals surface area contributed by atoms with Crippen LogP contribution in [-0.4, -0.2) is 37.5 Å². The van der Waals surface area contributed by atoms with Gasteiger partial charge >= 0.3 is 0 Å². The van der Waals surface area contributed by atoms with Crippen molar-refractivity contribution in [1.29, 1.82) is 0 Å². The molecule has 6 heteroatoms. The van der Waals surface area contributed by atoms with Crippen molar-refractivity contribution in [2.24, 2.45) is 0 Å². The second-order valence-electron chi connectivity index (χ2n) is 3.43. The van der Waals surface area contributed by atoms with Crippen LogP contribution in [0, 0.1) is 5.82 Å². The van der Waals surface area contributed by atoms with E-state index in [0.717, 1.165) is 0 Å². The molecule has 1 fully saturated rings. The maximum absolute atomic E-state index is 13.4. The zero-order valence-corrected chi connectivity index (χ0v) is 10.2. The van der Waals surface area contributed by atoms with Gasteiger partial charge in [-0.25, -0.2) is 9.37 Å². The lowest BCUT2D eigenvalue weighted by Gasteiger charge is -2.23. The summed E-state index contributed by atoms with van der Waals surface area (Å²) >= 11 is 3.15. The van der Waals surface area contributed by atoms with Crippen molar-refractivity contribution in [3.63, 3.8) is 0 Å². The monoisotopic (exact) mass is 290 g/mol. The van der Waals surface area contributed by atoms with Crippen LogP contribution in [0.2, 0.25) is 0 Å². The maximum atomic E-state index is 13.4. The lowest BCUT2D eigenvalue weighted by atomic mass is 10.3. The van der Waals surface area contributed by atoms with E-state index in [2.05, 4.69) is 26.2 Å². The van der Waals surface area contributed by atoms with Crippen molar-refractivity contribution in [2.75, 3.05) is 31.7 Å². The van der Waals surface area contributed by atoms with Gasteiger partial charge in [-0.3, -0.25) is 0 Å². The van der Waals surface area contributed by atoms with E-state index in [-0.39, 0.29) is 17.7 Å². The number of ether oxygens (including phenoxy) is 2. The molecule has 4 nitrogen and oxygen atoms in total. The van der Waals surface area contributed by atoms with Gasteiger partial charge in [0.1, 0.15) is 0 Å². The average molecular weight is 291 g/mol. The molecule has 88 valence electrons. The van der Waals surface area contributed by atoms with Gasteiger partial charge in [-0.15, -0.1) is 0 Å². The van der Waals surface area contributed by atoms with E-state index in [9.17, 15) is 4.39 Å². The number of pyridine rings is 1. The molecule has 1 atom stereocenters. The summed E-state index contributed by atoms with van der Waals surface area (Å²) in [5.41, 5.74) is 0. The van der Waals surface area contributed by atoms with Crippen molar-refractivity contribution in [2.45, 2.75) is 6.10 Å². The van der Waals surface area contributed by atoms with Crippen LogP contribution >= 0.6 is 15.9 Å². The van der Waals surface area contributed by atoms with Gasteiger partial charge in [0.05, 0.1) is 25.9 Å². The Hall–Kier alpha value is -0.720. The summed E-state index contributed by atoms with van der Waals surface area (Å²) in [6.07, 6.45) is 1.50. The summed E-state index contributed by atoms with van der Waals surface area (Å²) in [6, 6.07) is 1.37. The number of anilines is 1. The topological polar surface area (TPSA) is 43.4 Å². The van der Waals surface area contributed by atoms with Crippen LogP contribution < -0.4 is 5.32 Å². The van der Waals surface area contributed by atoms with E-state index in [1.807, 2.05) is 0 Å². The van der Waals surface area contributed by atoms with Gasteiger partial charge in [-0.2, -0.15) is 0 Å². The Morgan fingerprint density at radius 1 is 1.56 bits per heavy atom. The van der Waals surface area contributed by atoms with E-state index < -0.39 is 0 Å². The Labute approximate surface area is 101 Å². The summed E-state index contributed by atoms with van der Waals surface area (Å²) in [7, 11) is 0. The average Bonchev–Trinajstić information content (AvgIpc) is 2.29. The van der Waals surface area contributed by atoms with E-state index >= 15 is 0 Å². The Kier molecular flexibility index (Phi) is 4.09. The minimum atomic E-state index is -0.383. The van der Waals surface area contributed by atoms with Crippen LogP contribution in [0.4, 0.5) is 10.2 Å². The number of nitrogens with zero attached hydrogens (tertiary/aromatic N) is 1. The molecule has 0 spiro atoms. The van der Waals surface area contributed by atoms with Gasteiger partial charge in [-0.1, -0.05) is 0 Å². The Balaban J connectivity index is 1.88. The molecular formula is C10H12BrFN2O2. The number of halogens is 2. The van der Waals surface area contributed by atoms with Crippen LogP contribution in [0.1, 0.15) is 0 Å². The van der Waals surface area contributed by atoms with Gasteiger partial charge in [0.15, 0.2) is 11.6 Å². The minimum absolute atomic E-state index is 0.0430. The highest BCUT2D eigenvalue weighted by molar-refractivity contribution is 9.10. The quantitative estimate of drug-likeness (QED) is 0.922. The zero-order valence-electron chi connectivity index (χ0n) is 8.58. The molecular weight excluding hydrogens is 279 g/mol. The highest BCUT2D eigenvalue weighted by Crippen LogP contribution is 2.16. The Bertz CT molecular complexity index is 359. The van der Waals surface area contributed by atoms with Crippen molar-refractivity contribution >= 4 is 21.7 Å². The van der Waals surface area contributed by atoms with Crippen LogP contribution in [0.5, 0.6) is 0 Å². The maximum Gasteiger partial charge on any atom is 0.166 e. The van der Waals surface area contributed by atoms with E-state index in [1.54, 1.807) is 6.20 Å². The molecule has 0 saturated carbocycles. The first-order chi connectivity index (χ1) is 7.75. The van der Waals surface area contributed by atoms with Crippen LogP contribution in [0.15, 0.2) is 16.7 Å². The first-order valence-corrected chi connectivity index (χ1v) is 5.79. The lowest BCUT2D eigenvalue weighted by molar-refractivity contribution is -0.0819. The molecule has 1 aromatic rings. The highest BCUT2D eigenvalue weighted by atomic mass is 79.9.